The first-order valence-corrected chi connectivity index (χ1v) is 11.2. The van der Waals surface area contributed by atoms with E-state index in [4.69, 9.17) is 21.1 Å². The molecule has 0 saturated carbocycles. The molecule has 0 aliphatic carbocycles. The third kappa shape index (κ3) is 4.13. The van der Waals surface area contributed by atoms with Crippen molar-refractivity contribution in [3.05, 3.63) is 94.0 Å². The Kier molecular flexibility index (Phi) is 6.61. The second-order valence-corrected chi connectivity index (χ2v) is 8.22. The summed E-state index contributed by atoms with van der Waals surface area (Å²) in [6.07, 6.45) is 0. The van der Waals surface area contributed by atoms with Crippen LogP contribution in [0.2, 0.25) is 5.02 Å². The summed E-state index contributed by atoms with van der Waals surface area (Å²) >= 11 is 6.14. The van der Waals surface area contributed by atoms with Gasteiger partial charge in [-0.15, -0.1) is 0 Å². The van der Waals surface area contributed by atoms with Gasteiger partial charge in [0, 0.05) is 11.3 Å². The maximum absolute atomic E-state index is 13.3. The standard InChI is InChI=1S/C27H24ClNO5/c1-4-34-19-10-7-9-17(14-19)24-23(25(30)18-12-13-20(28)22(15-18)33-3)26(31)27(32)29(24)21-11-6-5-8-16(21)2/h5-15,24,30H,4H2,1-3H3/b25-23-. The highest BCUT2D eigenvalue weighted by atomic mass is 35.5. The number of halogens is 1. The number of hydrogen-bond acceptors (Lipinski definition) is 5. The van der Waals surface area contributed by atoms with Gasteiger partial charge in [0.2, 0.25) is 0 Å². The van der Waals surface area contributed by atoms with Gasteiger partial charge >= 0.3 is 0 Å². The van der Waals surface area contributed by atoms with Gasteiger partial charge in [0.15, 0.2) is 0 Å². The molecule has 0 bridgehead atoms. The average Bonchev–Trinajstić information content (AvgIpc) is 3.10. The lowest BCUT2D eigenvalue weighted by Crippen LogP contribution is -2.30. The summed E-state index contributed by atoms with van der Waals surface area (Å²) < 4.78 is 10.9. The van der Waals surface area contributed by atoms with Crippen molar-refractivity contribution < 1.29 is 24.2 Å². The van der Waals surface area contributed by atoms with Gasteiger partial charge in [0.1, 0.15) is 17.3 Å². The van der Waals surface area contributed by atoms with Crippen LogP contribution in [-0.2, 0) is 9.59 Å². The predicted octanol–water partition coefficient (Wildman–Crippen LogP) is 5.68. The van der Waals surface area contributed by atoms with E-state index < -0.39 is 17.7 Å². The molecule has 1 aliphatic heterocycles. The Morgan fingerprint density at radius 2 is 1.82 bits per heavy atom. The zero-order valence-electron chi connectivity index (χ0n) is 19.0. The summed E-state index contributed by atoms with van der Waals surface area (Å²) in [7, 11) is 1.46. The number of aliphatic hydroxyl groups excluding tert-OH is 1. The fraction of sp³-hybridized carbons (Fsp3) is 0.185. The summed E-state index contributed by atoms with van der Waals surface area (Å²) in [6, 6.07) is 18.3. The molecule has 0 radical (unpaired) electrons. The molecular formula is C27H24ClNO5. The Morgan fingerprint density at radius 1 is 1.06 bits per heavy atom. The van der Waals surface area contributed by atoms with E-state index >= 15 is 0 Å². The third-order valence-electron chi connectivity index (χ3n) is 5.73. The summed E-state index contributed by atoms with van der Waals surface area (Å²) in [4.78, 5) is 28.1. The Labute approximate surface area is 203 Å². The summed E-state index contributed by atoms with van der Waals surface area (Å²) in [5, 5.41) is 11.7. The smallest absolute Gasteiger partial charge is 0.300 e. The molecule has 3 aromatic carbocycles. The van der Waals surface area contributed by atoms with Crippen molar-refractivity contribution in [3.63, 3.8) is 0 Å². The van der Waals surface area contributed by atoms with Gasteiger partial charge in [-0.05, 0) is 61.4 Å². The first kappa shape index (κ1) is 23.4. The maximum atomic E-state index is 13.3. The Hall–Kier alpha value is -3.77. The van der Waals surface area contributed by atoms with E-state index in [1.807, 2.05) is 26.0 Å². The van der Waals surface area contributed by atoms with Crippen LogP contribution >= 0.6 is 11.6 Å². The molecule has 1 heterocycles. The van der Waals surface area contributed by atoms with Crippen LogP contribution in [0.4, 0.5) is 5.69 Å². The van der Waals surface area contributed by atoms with E-state index in [0.717, 1.165) is 5.56 Å². The molecule has 1 fully saturated rings. The van der Waals surface area contributed by atoms with Crippen molar-refractivity contribution in [1.29, 1.82) is 0 Å². The van der Waals surface area contributed by atoms with Gasteiger partial charge in [-0.3, -0.25) is 14.5 Å². The fourth-order valence-corrected chi connectivity index (χ4v) is 4.33. The molecule has 1 saturated heterocycles. The zero-order valence-corrected chi connectivity index (χ0v) is 19.8. The van der Waals surface area contributed by atoms with Gasteiger partial charge in [-0.1, -0.05) is 41.9 Å². The number of aryl methyl sites for hydroxylation is 1. The molecule has 0 spiro atoms. The number of amides is 1. The van der Waals surface area contributed by atoms with Gasteiger partial charge in [0.05, 0.1) is 30.4 Å². The molecular weight excluding hydrogens is 454 g/mol. The Morgan fingerprint density at radius 3 is 2.53 bits per heavy atom. The van der Waals surface area contributed by atoms with Crippen molar-refractivity contribution in [2.75, 3.05) is 18.6 Å². The number of para-hydroxylation sites is 1. The van der Waals surface area contributed by atoms with Crippen LogP contribution in [0.5, 0.6) is 11.5 Å². The van der Waals surface area contributed by atoms with Gasteiger partial charge in [0.25, 0.3) is 11.7 Å². The minimum Gasteiger partial charge on any atom is -0.507 e. The summed E-state index contributed by atoms with van der Waals surface area (Å²) in [5.74, 6) is -0.862. The molecule has 34 heavy (non-hydrogen) atoms. The summed E-state index contributed by atoms with van der Waals surface area (Å²) in [5.41, 5.74) is 2.34. The molecule has 1 N–H and O–H groups in total. The number of carbonyl (C=O) groups is 2. The van der Waals surface area contributed by atoms with Crippen LogP contribution in [-0.4, -0.2) is 30.5 Å². The fourth-order valence-electron chi connectivity index (χ4n) is 4.13. The minimum absolute atomic E-state index is 0.0220. The highest BCUT2D eigenvalue weighted by Crippen LogP contribution is 2.44. The van der Waals surface area contributed by atoms with Gasteiger partial charge in [-0.25, -0.2) is 0 Å². The molecule has 1 atom stereocenters. The number of anilines is 1. The number of ether oxygens (including phenoxy) is 2. The SMILES string of the molecule is CCOc1cccc(C2/C(=C(/O)c3ccc(Cl)c(OC)c3)C(=O)C(=O)N2c2ccccc2C)c1. The molecule has 6 nitrogen and oxygen atoms in total. The Balaban J connectivity index is 1.97. The Bertz CT molecular complexity index is 1300. The maximum Gasteiger partial charge on any atom is 0.300 e. The lowest BCUT2D eigenvalue weighted by molar-refractivity contribution is -0.132. The quantitative estimate of drug-likeness (QED) is 0.281. The highest BCUT2D eigenvalue weighted by Gasteiger charge is 2.47. The third-order valence-corrected chi connectivity index (χ3v) is 6.04. The largest absolute Gasteiger partial charge is 0.507 e. The number of Topliss-reactive ketones (excluding diaryl/α,β-unsaturated/α-hetero) is 1. The van der Waals surface area contributed by atoms with Crippen LogP contribution in [0.25, 0.3) is 5.76 Å². The summed E-state index contributed by atoms with van der Waals surface area (Å²) in [6.45, 7) is 4.21. The molecule has 1 unspecified atom stereocenters. The van der Waals surface area contributed by atoms with Crippen molar-refractivity contribution in [2.45, 2.75) is 19.9 Å². The minimum atomic E-state index is -0.858. The zero-order chi connectivity index (χ0) is 24.4. The number of benzene rings is 3. The molecule has 1 aliphatic rings. The number of ketones is 1. The number of rotatable bonds is 6. The van der Waals surface area contributed by atoms with E-state index in [0.29, 0.717) is 39.9 Å². The number of methoxy groups -OCH3 is 1. The normalized spacial score (nSPS) is 17.2. The number of carbonyl (C=O) groups excluding carboxylic acids is 2. The molecule has 4 rings (SSSR count). The van der Waals surface area contributed by atoms with Crippen LogP contribution in [0.3, 0.4) is 0 Å². The van der Waals surface area contributed by atoms with Crippen molar-refractivity contribution >= 4 is 34.7 Å². The van der Waals surface area contributed by atoms with E-state index in [2.05, 4.69) is 0 Å². The van der Waals surface area contributed by atoms with Crippen LogP contribution in [0.1, 0.15) is 29.7 Å². The average molecular weight is 478 g/mol. The van der Waals surface area contributed by atoms with E-state index in [1.54, 1.807) is 48.5 Å². The lowest BCUT2D eigenvalue weighted by atomic mass is 9.94. The molecule has 3 aromatic rings. The van der Waals surface area contributed by atoms with Gasteiger partial charge < -0.3 is 14.6 Å². The first-order valence-electron chi connectivity index (χ1n) is 10.8. The highest BCUT2D eigenvalue weighted by molar-refractivity contribution is 6.51. The number of hydrogen-bond donors (Lipinski definition) is 1. The van der Waals surface area contributed by atoms with Crippen molar-refractivity contribution in [2.24, 2.45) is 0 Å². The second-order valence-electron chi connectivity index (χ2n) is 7.81. The lowest BCUT2D eigenvalue weighted by Gasteiger charge is -2.27. The van der Waals surface area contributed by atoms with Crippen LogP contribution in [0.15, 0.2) is 72.3 Å². The van der Waals surface area contributed by atoms with Crippen LogP contribution in [0, 0.1) is 6.92 Å². The van der Waals surface area contributed by atoms with Crippen molar-refractivity contribution in [1.82, 2.24) is 0 Å². The molecule has 174 valence electrons. The predicted molar refractivity (Wildman–Crippen MR) is 132 cm³/mol. The van der Waals surface area contributed by atoms with Gasteiger partial charge in [-0.2, -0.15) is 0 Å². The second kappa shape index (κ2) is 9.61. The van der Waals surface area contributed by atoms with E-state index in [9.17, 15) is 14.7 Å². The monoisotopic (exact) mass is 477 g/mol. The number of aliphatic hydroxyl groups is 1. The first-order chi connectivity index (χ1) is 16.4. The molecule has 0 aromatic heterocycles. The van der Waals surface area contributed by atoms with E-state index in [-0.39, 0.29) is 11.3 Å². The topological polar surface area (TPSA) is 76.1 Å². The van der Waals surface area contributed by atoms with Crippen LogP contribution < -0.4 is 14.4 Å². The van der Waals surface area contributed by atoms with Crippen molar-refractivity contribution in [3.8, 4) is 11.5 Å². The molecule has 1 amide bonds. The van der Waals surface area contributed by atoms with E-state index in [1.165, 1.54) is 18.1 Å². The number of nitrogens with zero attached hydrogens (tertiary/aromatic N) is 1. The molecule has 7 heteroatoms.